The normalized spacial score (nSPS) is 11.7. The summed E-state index contributed by atoms with van der Waals surface area (Å²) < 4.78 is 8.81. The van der Waals surface area contributed by atoms with Gasteiger partial charge in [-0.25, -0.2) is 14.8 Å². The highest BCUT2D eigenvalue weighted by molar-refractivity contribution is 9.10. The average molecular weight is 520 g/mol. The van der Waals surface area contributed by atoms with Crippen molar-refractivity contribution in [3.8, 4) is 11.1 Å². The number of carbonyl (C=O) groups excluding carboxylic acids is 1. The van der Waals surface area contributed by atoms with Gasteiger partial charge in [0.15, 0.2) is 5.65 Å². The van der Waals surface area contributed by atoms with Crippen molar-refractivity contribution < 1.29 is 9.53 Å². The van der Waals surface area contributed by atoms with Crippen LogP contribution in [-0.4, -0.2) is 26.1 Å². The van der Waals surface area contributed by atoms with Crippen LogP contribution in [0.3, 0.4) is 0 Å². The standard InChI is InChI=1S/C28H30BrN3O2/c1-5-6-11-25-31-26-24(16-21(29)17-30-26)32(25)18-19-12-14-20(15-13-19)22-9-7-8-10-23(22)27(33)34-28(2,3)4/h7-10,12-17H,5-6,11,18H2,1-4H3. The van der Waals surface area contributed by atoms with E-state index in [1.807, 2.05) is 45.0 Å². The number of aryl methyl sites for hydroxylation is 1. The Balaban J connectivity index is 1.64. The SMILES string of the molecule is CCCCc1nc2ncc(Br)cc2n1Cc1ccc(-c2ccccc2C(=O)OC(C)(C)C)cc1. The number of rotatable bonds is 7. The maximum Gasteiger partial charge on any atom is 0.339 e. The molecule has 0 saturated heterocycles. The lowest BCUT2D eigenvalue weighted by Gasteiger charge is -2.20. The van der Waals surface area contributed by atoms with E-state index in [0.717, 1.165) is 57.4 Å². The summed E-state index contributed by atoms with van der Waals surface area (Å²) in [5, 5.41) is 0. The second kappa shape index (κ2) is 10.1. The van der Waals surface area contributed by atoms with E-state index in [9.17, 15) is 4.79 Å². The van der Waals surface area contributed by atoms with E-state index >= 15 is 0 Å². The van der Waals surface area contributed by atoms with Crippen molar-refractivity contribution in [2.24, 2.45) is 0 Å². The van der Waals surface area contributed by atoms with Crippen molar-refractivity contribution in [2.45, 2.75) is 59.1 Å². The van der Waals surface area contributed by atoms with Crippen LogP contribution in [0.5, 0.6) is 0 Å². The van der Waals surface area contributed by atoms with Crippen LogP contribution in [0, 0.1) is 0 Å². The number of benzene rings is 2. The summed E-state index contributed by atoms with van der Waals surface area (Å²) in [5.41, 5.74) is 4.85. The van der Waals surface area contributed by atoms with Crippen LogP contribution in [0.1, 0.15) is 62.3 Å². The molecule has 2 heterocycles. The van der Waals surface area contributed by atoms with Crippen LogP contribution in [0.15, 0.2) is 65.3 Å². The maximum absolute atomic E-state index is 12.8. The Morgan fingerprint density at radius 2 is 1.82 bits per heavy atom. The molecule has 0 aliphatic heterocycles. The Bertz CT molecular complexity index is 1300. The predicted octanol–water partition coefficient (Wildman–Crippen LogP) is 7.21. The third kappa shape index (κ3) is 5.55. The molecule has 0 unspecified atom stereocenters. The summed E-state index contributed by atoms with van der Waals surface area (Å²) in [4.78, 5) is 22.1. The van der Waals surface area contributed by atoms with Gasteiger partial charge in [-0.3, -0.25) is 0 Å². The zero-order chi connectivity index (χ0) is 24.3. The molecule has 0 bridgehead atoms. The molecule has 0 atom stereocenters. The monoisotopic (exact) mass is 519 g/mol. The Kier molecular flexibility index (Phi) is 7.17. The second-order valence-electron chi connectivity index (χ2n) is 9.46. The zero-order valence-electron chi connectivity index (χ0n) is 20.1. The smallest absolute Gasteiger partial charge is 0.339 e. The highest BCUT2D eigenvalue weighted by Crippen LogP contribution is 2.27. The molecule has 6 heteroatoms. The van der Waals surface area contributed by atoms with E-state index in [-0.39, 0.29) is 5.97 Å². The zero-order valence-corrected chi connectivity index (χ0v) is 21.7. The van der Waals surface area contributed by atoms with Crippen molar-refractivity contribution in [1.82, 2.24) is 14.5 Å². The third-order valence-electron chi connectivity index (χ3n) is 5.56. The van der Waals surface area contributed by atoms with Gasteiger partial charge in [0, 0.05) is 23.6 Å². The van der Waals surface area contributed by atoms with Crippen LogP contribution in [-0.2, 0) is 17.7 Å². The number of aromatic nitrogens is 3. The topological polar surface area (TPSA) is 57.0 Å². The molecular formula is C28H30BrN3O2. The van der Waals surface area contributed by atoms with Crippen molar-refractivity contribution >= 4 is 33.1 Å². The van der Waals surface area contributed by atoms with Gasteiger partial charge in [0.25, 0.3) is 0 Å². The van der Waals surface area contributed by atoms with Crippen LogP contribution in [0.4, 0.5) is 0 Å². The van der Waals surface area contributed by atoms with E-state index in [0.29, 0.717) is 12.1 Å². The van der Waals surface area contributed by atoms with Gasteiger partial charge in [-0.1, -0.05) is 55.8 Å². The molecule has 0 spiro atoms. The fourth-order valence-electron chi connectivity index (χ4n) is 3.95. The summed E-state index contributed by atoms with van der Waals surface area (Å²) in [6.07, 6.45) is 4.92. The van der Waals surface area contributed by atoms with Gasteiger partial charge < -0.3 is 9.30 Å². The molecular weight excluding hydrogens is 490 g/mol. The highest BCUT2D eigenvalue weighted by atomic mass is 79.9. The number of fused-ring (bicyclic) bond motifs is 1. The number of hydrogen-bond donors (Lipinski definition) is 0. The molecule has 5 nitrogen and oxygen atoms in total. The van der Waals surface area contributed by atoms with E-state index in [2.05, 4.69) is 62.7 Å². The maximum atomic E-state index is 12.8. The molecule has 0 aliphatic carbocycles. The number of halogens is 1. The van der Waals surface area contributed by atoms with Crippen molar-refractivity contribution in [3.63, 3.8) is 0 Å². The van der Waals surface area contributed by atoms with Crippen LogP contribution < -0.4 is 0 Å². The molecule has 4 aromatic rings. The molecule has 4 rings (SSSR count). The average Bonchev–Trinajstić information content (AvgIpc) is 3.13. The number of ether oxygens (including phenoxy) is 1. The first-order valence-corrected chi connectivity index (χ1v) is 12.5. The molecule has 0 aliphatic rings. The number of esters is 1. The molecule has 0 saturated carbocycles. The summed E-state index contributed by atoms with van der Waals surface area (Å²) >= 11 is 3.54. The largest absolute Gasteiger partial charge is 0.456 e. The first-order chi connectivity index (χ1) is 16.2. The predicted molar refractivity (Wildman–Crippen MR) is 140 cm³/mol. The molecule has 0 amide bonds. The van der Waals surface area contributed by atoms with E-state index in [1.165, 1.54) is 0 Å². The van der Waals surface area contributed by atoms with Crippen LogP contribution in [0.25, 0.3) is 22.3 Å². The molecule has 0 radical (unpaired) electrons. The van der Waals surface area contributed by atoms with Crippen LogP contribution in [0.2, 0.25) is 0 Å². The van der Waals surface area contributed by atoms with Gasteiger partial charge in [0.2, 0.25) is 0 Å². The van der Waals surface area contributed by atoms with Crippen LogP contribution >= 0.6 is 15.9 Å². The minimum absolute atomic E-state index is 0.310. The fraction of sp³-hybridized carbons (Fsp3) is 0.321. The fourth-order valence-corrected chi connectivity index (χ4v) is 4.27. The Morgan fingerprint density at radius 1 is 1.09 bits per heavy atom. The number of pyridine rings is 1. The van der Waals surface area contributed by atoms with E-state index in [1.54, 1.807) is 6.20 Å². The van der Waals surface area contributed by atoms with Gasteiger partial charge in [-0.15, -0.1) is 0 Å². The lowest BCUT2D eigenvalue weighted by molar-refractivity contribution is 0.00704. The highest BCUT2D eigenvalue weighted by Gasteiger charge is 2.20. The van der Waals surface area contributed by atoms with Crippen molar-refractivity contribution in [2.75, 3.05) is 0 Å². The number of imidazole rings is 1. The van der Waals surface area contributed by atoms with E-state index in [4.69, 9.17) is 9.72 Å². The minimum Gasteiger partial charge on any atom is -0.456 e. The summed E-state index contributed by atoms with van der Waals surface area (Å²) in [6, 6.07) is 18.0. The van der Waals surface area contributed by atoms with Crippen molar-refractivity contribution in [1.29, 1.82) is 0 Å². The number of hydrogen-bond acceptors (Lipinski definition) is 4. The molecule has 0 N–H and O–H groups in total. The first kappa shape index (κ1) is 24.1. The molecule has 2 aromatic heterocycles. The van der Waals surface area contributed by atoms with Gasteiger partial charge >= 0.3 is 5.97 Å². The Labute approximate surface area is 209 Å². The number of carbonyl (C=O) groups is 1. The lowest BCUT2D eigenvalue weighted by Crippen LogP contribution is -2.24. The Morgan fingerprint density at radius 3 is 2.53 bits per heavy atom. The molecule has 34 heavy (non-hydrogen) atoms. The number of unbranched alkanes of at least 4 members (excludes halogenated alkanes) is 1. The van der Waals surface area contributed by atoms with Gasteiger partial charge in [0.05, 0.1) is 11.1 Å². The molecule has 176 valence electrons. The lowest BCUT2D eigenvalue weighted by atomic mass is 9.98. The molecule has 0 fully saturated rings. The summed E-state index contributed by atoms with van der Waals surface area (Å²) in [5.74, 6) is 0.748. The first-order valence-electron chi connectivity index (χ1n) is 11.7. The quantitative estimate of drug-likeness (QED) is 0.242. The third-order valence-corrected chi connectivity index (χ3v) is 5.99. The van der Waals surface area contributed by atoms with Gasteiger partial charge in [-0.05, 0) is 71.9 Å². The second-order valence-corrected chi connectivity index (χ2v) is 10.4. The number of nitrogens with zero attached hydrogens (tertiary/aromatic N) is 3. The van der Waals surface area contributed by atoms with Gasteiger partial charge in [0.1, 0.15) is 11.4 Å². The Hall–Kier alpha value is -2.99. The van der Waals surface area contributed by atoms with Gasteiger partial charge in [-0.2, -0.15) is 0 Å². The summed E-state index contributed by atoms with van der Waals surface area (Å²) in [6.45, 7) is 8.54. The summed E-state index contributed by atoms with van der Waals surface area (Å²) in [7, 11) is 0. The van der Waals surface area contributed by atoms with E-state index < -0.39 is 5.60 Å². The van der Waals surface area contributed by atoms with Crippen molar-refractivity contribution in [3.05, 3.63) is 82.2 Å². The molecule has 2 aromatic carbocycles. The minimum atomic E-state index is -0.541.